The number of halogens is 2. The second-order valence-electron chi connectivity index (χ2n) is 5.02. The van der Waals surface area contributed by atoms with Crippen molar-refractivity contribution >= 4 is 47.8 Å². The van der Waals surface area contributed by atoms with Gasteiger partial charge in [0.2, 0.25) is 15.9 Å². The lowest BCUT2D eigenvalue weighted by atomic mass is 10.2. The molecular formula is C13H18Br2N2O3S. The van der Waals surface area contributed by atoms with Crippen molar-refractivity contribution in [1.82, 2.24) is 9.62 Å². The number of carbonyl (C=O) groups is 1. The smallest absolute Gasteiger partial charge is 0.244 e. The summed E-state index contributed by atoms with van der Waals surface area (Å²) in [6.07, 6.45) is 0. The Bertz CT molecular complexity index is 645. The molecule has 0 saturated carbocycles. The van der Waals surface area contributed by atoms with Crippen molar-refractivity contribution < 1.29 is 13.2 Å². The number of aryl methyl sites for hydroxylation is 1. The first kappa shape index (κ1) is 18.6. The largest absolute Gasteiger partial charge is 0.353 e. The molecule has 21 heavy (non-hydrogen) atoms. The third-order valence-electron chi connectivity index (χ3n) is 2.72. The number of nitrogens with one attached hydrogen (secondary N) is 1. The third-order valence-corrected chi connectivity index (χ3v) is 6.33. The predicted octanol–water partition coefficient (Wildman–Crippen LogP) is 2.67. The molecule has 8 heteroatoms. The fraction of sp³-hybridized carbons (Fsp3) is 0.462. The summed E-state index contributed by atoms with van der Waals surface area (Å²) < 4.78 is 27.3. The van der Waals surface area contributed by atoms with E-state index in [1.54, 1.807) is 6.07 Å². The maximum absolute atomic E-state index is 12.5. The van der Waals surface area contributed by atoms with Gasteiger partial charge in [-0.1, -0.05) is 15.9 Å². The van der Waals surface area contributed by atoms with Crippen LogP contribution in [0.15, 0.2) is 26.0 Å². The molecule has 5 nitrogen and oxygen atoms in total. The van der Waals surface area contributed by atoms with Gasteiger partial charge in [-0.25, -0.2) is 8.42 Å². The zero-order valence-electron chi connectivity index (χ0n) is 12.3. The van der Waals surface area contributed by atoms with Gasteiger partial charge in [0.15, 0.2) is 0 Å². The number of amides is 1. The minimum absolute atomic E-state index is 0.0335. The fourth-order valence-corrected chi connectivity index (χ4v) is 4.41. The number of carbonyl (C=O) groups excluding carboxylic acids is 1. The average Bonchev–Trinajstić information content (AvgIpc) is 2.32. The standard InChI is InChI=1S/C13H18Br2N2O3S/c1-8(2)16-13(18)7-17(4)21(19,20)12-6-10(14)9(3)5-11(12)15/h5-6,8H,7H2,1-4H3,(H,16,18). The van der Waals surface area contributed by atoms with Gasteiger partial charge in [-0.2, -0.15) is 4.31 Å². The highest BCUT2D eigenvalue weighted by Gasteiger charge is 2.26. The molecule has 0 heterocycles. The third kappa shape index (κ3) is 4.77. The van der Waals surface area contributed by atoms with Gasteiger partial charge in [0.05, 0.1) is 11.4 Å². The lowest BCUT2D eigenvalue weighted by Gasteiger charge is -2.19. The molecular weight excluding hydrogens is 424 g/mol. The van der Waals surface area contributed by atoms with Gasteiger partial charge in [0.1, 0.15) is 0 Å². The fourth-order valence-electron chi connectivity index (χ4n) is 1.65. The summed E-state index contributed by atoms with van der Waals surface area (Å²) in [5.41, 5.74) is 0.918. The Labute approximate surface area is 142 Å². The Hall–Kier alpha value is -0.440. The van der Waals surface area contributed by atoms with E-state index in [-0.39, 0.29) is 23.4 Å². The number of hydrogen-bond acceptors (Lipinski definition) is 3. The molecule has 0 aliphatic rings. The molecule has 0 aromatic heterocycles. The van der Waals surface area contributed by atoms with Crippen molar-refractivity contribution in [2.45, 2.75) is 31.7 Å². The van der Waals surface area contributed by atoms with Crippen LogP contribution in [0.2, 0.25) is 0 Å². The van der Waals surface area contributed by atoms with Crippen LogP contribution in [0.25, 0.3) is 0 Å². The van der Waals surface area contributed by atoms with E-state index in [2.05, 4.69) is 37.2 Å². The minimum atomic E-state index is -3.74. The summed E-state index contributed by atoms with van der Waals surface area (Å²) in [6.45, 7) is 5.28. The van der Waals surface area contributed by atoms with E-state index >= 15 is 0 Å². The maximum atomic E-state index is 12.5. The molecule has 118 valence electrons. The van der Waals surface area contributed by atoms with E-state index in [1.807, 2.05) is 20.8 Å². The van der Waals surface area contributed by atoms with E-state index in [1.165, 1.54) is 13.1 Å². The number of hydrogen-bond donors (Lipinski definition) is 1. The predicted molar refractivity (Wildman–Crippen MR) is 89.7 cm³/mol. The number of benzene rings is 1. The van der Waals surface area contributed by atoms with E-state index in [0.717, 1.165) is 9.87 Å². The van der Waals surface area contributed by atoms with Crippen LogP contribution >= 0.6 is 31.9 Å². The van der Waals surface area contributed by atoms with E-state index < -0.39 is 10.0 Å². The first-order chi connectivity index (χ1) is 9.55. The number of likely N-dealkylation sites (N-methyl/N-ethyl adjacent to an activating group) is 1. The summed E-state index contributed by atoms with van der Waals surface area (Å²) in [5, 5.41) is 2.67. The van der Waals surface area contributed by atoms with Crippen molar-refractivity contribution in [3.05, 3.63) is 26.6 Å². The molecule has 0 atom stereocenters. The average molecular weight is 442 g/mol. The zero-order valence-corrected chi connectivity index (χ0v) is 16.3. The Morgan fingerprint density at radius 1 is 1.29 bits per heavy atom. The number of rotatable bonds is 5. The lowest BCUT2D eigenvalue weighted by molar-refractivity contribution is -0.121. The Morgan fingerprint density at radius 2 is 1.86 bits per heavy atom. The second kappa shape index (κ2) is 7.21. The quantitative estimate of drug-likeness (QED) is 0.763. The van der Waals surface area contributed by atoms with Gasteiger partial charge < -0.3 is 5.32 Å². The molecule has 0 fully saturated rings. The molecule has 0 radical (unpaired) electrons. The summed E-state index contributed by atoms with van der Waals surface area (Å²) in [7, 11) is -2.36. The molecule has 0 spiro atoms. The minimum Gasteiger partial charge on any atom is -0.353 e. The van der Waals surface area contributed by atoms with Crippen molar-refractivity contribution in [2.24, 2.45) is 0 Å². The monoisotopic (exact) mass is 440 g/mol. The van der Waals surface area contributed by atoms with Crippen molar-refractivity contribution in [3.8, 4) is 0 Å². The molecule has 1 aromatic carbocycles. The molecule has 1 aromatic rings. The van der Waals surface area contributed by atoms with Gasteiger partial charge in [0, 0.05) is 22.0 Å². The molecule has 1 amide bonds. The van der Waals surface area contributed by atoms with Crippen LogP contribution in [-0.2, 0) is 14.8 Å². The topological polar surface area (TPSA) is 66.5 Å². The molecule has 0 bridgehead atoms. The van der Waals surface area contributed by atoms with Crippen LogP contribution in [0.4, 0.5) is 0 Å². The summed E-state index contributed by atoms with van der Waals surface area (Å²) in [5.74, 6) is -0.335. The molecule has 0 aliphatic heterocycles. The first-order valence-corrected chi connectivity index (χ1v) is 9.29. The van der Waals surface area contributed by atoms with Crippen LogP contribution in [0.3, 0.4) is 0 Å². The van der Waals surface area contributed by atoms with Crippen LogP contribution in [-0.4, -0.2) is 38.3 Å². The van der Waals surface area contributed by atoms with Crippen LogP contribution in [0.5, 0.6) is 0 Å². The van der Waals surface area contributed by atoms with Gasteiger partial charge in [-0.3, -0.25) is 4.79 Å². The molecule has 1 rings (SSSR count). The van der Waals surface area contributed by atoms with Crippen molar-refractivity contribution in [3.63, 3.8) is 0 Å². The zero-order chi connectivity index (χ0) is 16.4. The van der Waals surface area contributed by atoms with E-state index in [9.17, 15) is 13.2 Å². The summed E-state index contributed by atoms with van der Waals surface area (Å²) >= 11 is 6.59. The summed E-state index contributed by atoms with van der Waals surface area (Å²) in [4.78, 5) is 11.8. The van der Waals surface area contributed by atoms with Gasteiger partial charge in [0.25, 0.3) is 0 Å². The van der Waals surface area contributed by atoms with E-state index in [4.69, 9.17) is 0 Å². The van der Waals surface area contributed by atoms with Crippen LogP contribution < -0.4 is 5.32 Å². The SMILES string of the molecule is Cc1cc(Br)c(S(=O)(=O)N(C)CC(=O)NC(C)C)cc1Br. The van der Waals surface area contributed by atoms with Crippen molar-refractivity contribution in [1.29, 1.82) is 0 Å². The normalized spacial score (nSPS) is 12.0. The highest BCUT2D eigenvalue weighted by Crippen LogP contribution is 2.30. The molecule has 1 N–H and O–H groups in total. The van der Waals surface area contributed by atoms with E-state index in [0.29, 0.717) is 8.95 Å². The maximum Gasteiger partial charge on any atom is 0.244 e. The van der Waals surface area contributed by atoms with Crippen LogP contribution in [0, 0.1) is 6.92 Å². The molecule has 0 aliphatic carbocycles. The Kier molecular flexibility index (Phi) is 6.39. The highest BCUT2D eigenvalue weighted by atomic mass is 79.9. The van der Waals surface area contributed by atoms with Crippen LogP contribution in [0.1, 0.15) is 19.4 Å². The van der Waals surface area contributed by atoms with Gasteiger partial charge in [-0.05, 0) is 54.4 Å². The second-order valence-corrected chi connectivity index (χ2v) is 8.74. The summed E-state index contributed by atoms with van der Waals surface area (Å²) in [6, 6.07) is 3.22. The molecule has 0 saturated heterocycles. The van der Waals surface area contributed by atoms with Gasteiger partial charge in [-0.15, -0.1) is 0 Å². The van der Waals surface area contributed by atoms with Gasteiger partial charge >= 0.3 is 0 Å². The lowest BCUT2D eigenvalue weighted by Crippen LogP contribution is -2.40. The number of nitrogens with zero attached hydrogens (tertiary/aromatic N) is 1. The molecule has 0 unspecified atom stereocenters. The first-order valence-electron chi connectivity index (χ1n) is 6.27. The number of sulfonamides is 1. The Morgan fingerprint density at radius 3 is 2.38 bits per heavy atom. The Balaban J connectivity index is 3.06. The highest BCUT2D eigenvalue weighted by molar-refractivity contribution is 9.11. The van der Waals surface area contributed by atoms with Crippen molar-refractivity contribution in [2.75, 3.05) is 13.6 Å².